The maximum atomic E-state index is 10.3. The molecule has 0 radical (unpaired) electrons. The van der Waals surface area contributed by atoms with Crippen molar-refractivity contribution in [1.82, 2.24) is 0 Å². The molecule has 0 bridgehead atoms. The van der Waals surface area contributed by atoms with E-state index in [0.717, 1.165) is 0 Å². The summed E-state index contributed by atoms with van der Waals surface area (Å²) in [4.78, 5) is 48.7. The summed E-state index contributed by atoms with van der Waals surface area (Å²) in [5, 5.41) is 48.6. The van der Waals surface area contributed by atoms with E-state index in [1.807, 2.05) is 0 Å². The molecule has 0 amide bonds. The number of aliphatic hydroxyl groups is 1. The molecular formula is C8H11KO11. The van der Waals surface area contributed by atoms with Crippen molar-refractivity contribution in [3.63, 3.8) is 0 Å². The van der Waals surface area contributed by atoms with E-state index in [-0.39, 0.29) is 51.4 Å². The zero-order chi connectivity index (χ0) is 15.8. The Morgan fingerprint density at radius 2 is 0.950 bits per heavy atom. The fourth-order valence-corrected chi connectivity index (χ4v) is 0.714. The third kappa shape index (κ3) is 12.0. The molecule has 0 aliphatic rings. The maximum absolute atomic E-state index is 10.3. The predicted octanol–water partition coefficient (Wildman–Crippen LogP) is -2.74. The summed E-state index contributed by atoms with van der Waals surface area (Å²) >= 11 is 0. The van der Waals surface area contributed by atoms with Gasteiger partial charge in [-0.2, -0.15) is 0 Å². The van der Waals surface area contributed by atoms with Crippen molar-refractivity contribution in [3.05, 3.63) is 0 Å². The zero-order valence-electron chi connectivity index (χ0n) is 9.14. The molecule has 0 unspecified atom stereocenters. The molecule has 11 nitrogen and oxygen atoms in total. The van der Waals surface area contributed by atoms with Crippen LogP contribution >= 0.6 is 0 Å². The van der Waals surface area contributed by atoms with E-state index in [4.69, 9.17) is 40.2 Å². The van der Waals surface area contributed by atoms with Gasteiger partial charge in [0.2, 0.25) is 0 Å². The number of carbonyl (C=O) groups is 5. The second kappa shape index (κ2) is 10.7. The molecule has 0 atom stereocenters. The first-order valence-corrected chi connectivity index (χ1v) is 4.28. The Kier molecular flexibility index (Phi) is 12.8. The van der Waals surface area contributed by atoms with Gasteiger partial charge in [0.25, 0.3) is 0 Å². The van der Waals surface area contributed by atoms with Crippen molar-refractivity contribution in [3.8, 4) is 0 Å². The monoisotopic (exact) mass is 322 g/mol. The molecule has 0 heterocycles. The van der Waals surface area contributed by atoms with Crippen LogP contribution in [0.2, 0.25) is 0 Å². The summed E-state index contributed by atoms with van der Waals surface area (Å²) in [6.07, 6.45) is -2.29. The van der Waals surface area contributed by atoms with Gasteiger partial charge in [-0.15, -0.1) is 0 Å². The molecule has 110 valence electrons. The van der Waals surface area contributed by atoms with Gasteiger partial charge in [-0.1, -0.05) is 0 Å². The first kappa shape index (κ1) is 24.0. The summed E-state index contributed by atoms with van der Waals surface area (Å²) in [6, 6.07) is 0. The predicted molar refractivity (Wildman–Crippen MR) is 59.5 cm³/mol. The Bertz CT molecular complexity index is 373. The summed E-state index contributed by atoms with van der Waals surface area (Å²) in [6.45, 7) is 0. The van der Waals surface area contributed by atoms with Gasteiger partial charge in [0.05, 0.1) is 12.8 Å². The molecule has 0 saturated carbocycles. The molecule has 20 heavy (non-hydrogen) atoms. The number of carboxylic acids is 5. The average Bonchev–Trinajstić information content (AvgIpc) is 2.14. The molecule has 12 heteroatoms. The van der Waals surface area contributed by atoms with Gasteiger partial charge in [0, 0.05) is 0 Å². The third-order valence-corrected chi connectivity index (χ3v) is 1.47. The first-order valence-electron chi connectivity index (χ1n) is 4.28. The summed E-state index contributed by atoms with van der Waals surface area (Å²) < 4.78 is 0. The normalized spacial score (nSPS) is 9.25. The fraction of sp³-hybridized carbons (Fsp3) is 0.375. The van der Waals surface area contributed by atoms with Crippen LogP contribution in [0.25, 0.3) is 0 Å². The summed E-state index contributed by atoms with van der Waals surface area (Å²) in [7, 11) is 0. The van der Waals surface area contributed by atoms with E-state index in [9.17, 15) is 14.4 Å². The van der Waals surface area contributed by atoms with Crippen LogP contribution in [0.4, 0.5) is 0 Å². The topological polar surface area (TPSA) is 207 Å². The minimum absolute atomic E-state index is 0. The first-order chi connectivity index (χ1) is 8.42. The SMILES string of the molecule is O=C(O)C(=O)O.O=C(O)CC(O)(CC(=O)O)C(=O)O.[KH]. The standard InChI is InChI=1S/C6H8O7.C2H2O4.K.H/c7-3(8)1-6(13,5(11)12)2-4(9)10;3-1(4)2(5)6;;/h13H,1-2H2,(H,7,8)(H,9,10)(H,11,12);(H,3,4)(H,5,6);;. The summed E-state index contributed by atoms with van der Waals surface area (Å²) in [5.74, 6) is -8.67. The number of rotatable bonds is 5. The second-order valence-electron chi connectivity index (χ2n) is 3.09. The Morgan fingerprint density at radius 3 is 1.05 bits per heavy atom. The second-order valence-corrected chi connectivity index (χ2v) is 3.09. The van der Waals surface area contributed by atoms with Crippen LogP contribution in [-0.2, 0) is 24.0 Å². The van der Waals surface area contributed by atoms with E-state index in [0.29, 0.717) is 0 Å². The molecular weight excluding hydrogens is 311 g/mol. The molecule has 0 aliphatic carbocycles. The van der Waals surface area contributed by atoms with Crippen LogP contribution < -0.4 is 0 Å². The van der Waals surface area contributed by atoms with Gasteiger partial charge in [0.1, 0.15) is 0 Å². The van der Waals surface area contributed by atoms with Gasteiger partial charge in [-0.05, 0) is 0 Å². The Balaban J connectivity index is -0.000000352. The Labute approximate surface area is 153 Å². The third-order valence-electron chi connectivity index (χ3n) is 1.47. The fourth-order valence-electron chi connectivity index (χ4n) is 0.714. The van der Waals surface area contributed by atoms with E-state index < -0.39 is 48.3 Å². The molecule has 0 aromatic carbocycles. The molecule has 0 aliphatic heterocycles. The van der Waals surface area contributed by atoms with Crippen molar-refractivity contribution < 1.29 is 54.6 Å². The minimum atomic E-state index is -2.74. The van der Waals surface area contributed by atoms with Crippen LogP contribution in [0.5, 0.6) is 0 Å². The molecule has 0 saturated heterocycles. The van der Waals surface area contributed by atoms with Gasteiger partial charge in [0.15, 0.2) is 5.60 Å². The van der Waals surface area contributed by atoms with Gasteiger partial charge >= 0.3 is 81.2 Å². The number of hydrogen-bond acceptors (Lipinski definition) is 6. The number of hydrogen-bond donors (Lipinski definition) is 6. The van der Waals surface area contributed by atoms with E-state index in [2.05, 4.69) is 0 Å². The molecule has 0 aromatic heterocycles. The van der Waals surface area contributed by atoms with Crippen molar-refractivity contribution in [2.45, 2.75) is 18.4 Å². The van der Waals surface area contributed by atoms with Crippen molar-refractivity contribution in [2.75, 3.05) is 0 Å². The Hall–Kier alpha value is -1.05. The van der Waals surface area contributed by atoms with E-state index >= 15 is 0 Å². The van der Waals surface area contributed by atoms with Crippen LogP contribution in [0.15, 0.2) is 0 Å². The van der Waals surface area contributed by atoms with E-state index in [1.54, 1.807) is 0 Å². The molecule has 0 spiro atoms. The van der Waals surface area contributed by atoms with Crippen LogP contribution in [-0.4, -0.2) is 117 Å². The quantitative estimate of drug-likeness (QED) is 0.226. The molecule has 0 fully saturated rings. The van der Waals surface area contributed by atoms with Gasteiger partial charge in [-0.3, -0.25) is 9.59 Å². The van der Waals surface area contributed by atoms with E-state index in [1.165, 1.54) is 0 Å². The van der Waals surface area contributed by atoms with Gasteiger partial charge in [-0.25, -0.2) is 14.4 Å². The van der Waals surface area contributed by atoms with Crippen molar-refractivity contribution in [1.29, 1.82) is 0 Å². The van der Waals surface area contributed by atoms with Crippen molar-refractivity contribution in [2.24, 2.45) is 0 Å². The molecule has 0 rings (SSSR count). The van der Waals surface area contributed by atoms with Crippen LogP contribution in [0.1, 0.15) is 12.8 Å². The van der Waals surface area contributed by atoms with Crippen molar-refractivity contribution >= 4 is 81.2 Å². The van der Waals surface area contributed by atoms with Crippen LogP contribution in [0.3, 0.4) is 0 Å². The Morgan fingerprint density at radius 1 is 0.700 bits per heavy atom. The summed E-state index contributed by atoms with van der Waals surface area (Å²) in [5.41, 5.74) is -2.74. The average molecular weight is 322 g/mol. The number of aliphatic carboxylic acids is 5. The van der Waals surface area contributed by atoms with Gasteiger partial charge < -0.3 is 30.6 Å². The zero-order valence-corrected chi connectivity index (χ0v) is 9.14. The molecule has 6 N–H and O–H groups in total. The molecule has 0 aromatic rings. The number of carboxylic acid groups (broad SMARTS) is 5. The van der Waals surface area contributed by atoms with Crippen LogP contribution in [0, 0.1) is 0 Å².